The summed E-state index contributed by atoms with van der Waals surface area (Å²) < 4.78 is 15.8. The van der Waals surface area contributed by atoms with Crippen LogP contribution in [0.15, 0.2) is 106 Å². The van der Waals surface area contributed by atoms with Crippen molar-refractivity contribution in [3.05, 3.63) is 102 Å². The summed E-state index contributed by atoms with van der Waals surface area (Å²) in [7, 11) is -2.58. The number of rotatable bonds is 5. The summed E-state index contributed by atoms with van der Waals surface area (Å²) in [6.45, 7) is 9.85. The fourth-order valence-electron chi connectivity index (χ4n) is 4.71. The largest absolute Gasteiger partial charge is 0.455 e. The van der Waals surface area contributed by atoms with Crippen LogP contribution in [-0.2, 0) is 6.54 Å². The molecule has 0 amide bonds. The smallest absolute Gasteiger partial charge is 0.173 e. The number of benzene rings is 4. The minimum absolute atomic E-state index is 0.248. The molecule has 1 atom stereocenters. The second-order valence-corrected chi connectivity index (χ2v) is 14.0. The third-order valence-corrected chi connectivity index (χ3v) is 10.7. The zero-order valence-corrected chi connectivity index (χ0v) is 23.1. The fourth-order valence-corrected chi connectivity index (χ4v) is 8.16. The highest BCUT2D eigenvalue weighted by atomic mass is 79.9. The van der Waals surface area contributed by atoms with E-state index in [1.807, 2.05) is 42.5 Å². The van der Waals surface area contributed by atoms with Gasteiger partial charge in [0.2, 0.25) is 0 Å². The first-order chi connectivity index (χ1) is 16.8. The number of halogens is 1. The van der Waals surface area contributed by atoms with E-state index in [2.05, 4.69) is 103 Å². The molecule has 0 fully saturated rings. The van der Waals surface area contributed by atoms with Gasteiger partial charge in [0.1, 0.15) is 5.75 Å². The molecule has 5 rings (SSSR count). The Morgan fingerprint density at radius 2 is 1.51 bits per heavy atom. The highest BCUT2D eigenvalue weighted by molar-refractivity contribution is 9.10. The normalized spacial score (nSPS) is 13.6. The zero-order chi connectivity index (χ0) is 24.6. The van der Waals surface area contributed by atoms with Gasteiger partial charge in [0, 0.05) is 43.3 Å². The summed E-state index contributed by atoms with van der Waals surface area (Å²) in [5, 5.41) is 3.40. The van der Waals surface area contributed by atoms with Crippen molar-refractivity contribution in [2.45, 2.75) is 39.4 Å². The second-order valence-electron chi connectivity index (χ2n) is 9.69. The van der Waals surface area contributed by atoms with Gasteiger partial charge < -0.3 is 9.09 Å². The number of nitrogens with zero attached hydrogens (tertiary/aromatic N) is 2. The van der Waals surface area contributed by atoms with E-state index in [1.54, 1.807) is 0 Å². The Morgan fingerprint density at radius 1 is 0.800 bits per heavy atom. The SMILES string of the molecule is CCn1c2ccccc2c2cc([P@@](=Nc3ccccc3)(Oc3cccc(Br)c3)C(C)(C)C)ccc21. The Kier molecular flexibility index (Phi) is 6.38. The highest BCUT2D eigenvalue weighted by Crippen LogP contribution is 2.62. The number of aryl methyl sites for hydroxylation is 1. The Labute approximate surface area is 216 Å². The van der Waals surface area contributed by atoms with E-state index in [4.69, 9.17) is 9.27 Å². The Bertz CT molecular complexity index is 1560. The van der Waals surface area contributed by atoms with Crippen molar-refractivity contribution in [3.63, 3.8) is 0 Å². The summed E-state index contributed by atoms with van der Waals surface area (Å²) in [6.07, 6.45) is 0. The molecule has 0 spiro atoms. The molecule has 0 bridgehead atoms. The van der Waals surface area contributed by atoms with E-state index in [0.29, 0.717) is 0 Å². The molecule has 0 N–H and O–H groups in total. The second kappa shape index (κ2) is 9.33. The summed E-state index contributed by atoms with van der Waals surface area (Å²) in [5.74, 6) is 0.818. The van der Waals surface area contributed by atoms with Crippen LogP contribution in [0.4, 0.5) is 5.69 Å². The number of para-hydroxylation sites is 1. The molecule has 178 valence electrons. The van der Waals surface area contributed by atoms with Crippen LogP contribution in [-0.4, -0.2) is 9.72 Å². The standard InChI is InChI=1S/C30H30BrN2OP/c1-5-33-28-17-10-9-16-26(28)27-21-25(18-19-29(27)33)35(30(2,3)4,32-23-13-7-6-8-14-23)34-24-15-11-12-22(31)20-24/h6-21H,5H2,1-4H3/t35-/m1/s1. The molecule has 0 aliphatic heterocycles. The molecule has 0 aliphatic carbocycles. The lowest BCUT2D eigenvalue weighted by Crippen LogP contribution is -2.27. The van der Waals surface area contributed by atoms with E-state index in [0.717, 1.165) is 27.8 Å². The van der Waals surface area contributed by atoms with Gasteiger partial charge in [-0.3, -0.25) is 0 Å². The van der Waals surface area contributed by atoms with E-state index < -0.39 is 7.28 Å². The Balaban J connectivity index is 1.84. The first kappa shape index (κ1) is 23.9. The van der Waals surface area contributed by atoms with E-state index >= 15 is 0 Å². The van der Waals surface area contributed by atoms with Crippen LogP contribution in [0.1, 0.15) is 27.7 Å². The molecule has 0 unspecified atom stereocenters. The predicted octanol–water partition coefficient (Wildman–Crippen LogP) is 9.53. The molecule has 1 heterocycles. The van der Waals surface area contributed by atoms with Crippen molar-refractivity contribution < 1.29 is 4.52 Å². The molecule has 0 saturated carbocycles. The quantitative estimate of drug-likeness (QED) is 0.202. The zero-order valence-electron chi connectivity index (χ0n) is 20.6. The van der Waals surface area contributed by atoms with Gasteiger partial charge in [-0.2, -0.15) is 0 Å². The maximum atomic E-state index is 7.04. The van der Waals surface area contributed by atoms with E-state index in [1.165, 1.54) is 21.8 Å². The number of aromatic nitrogens is 1. The van der Waals surface area contributed by atoms with Crippen molar-refractivity contribution in [2.24, 2.45) is 4.74 Å². The van der Waals surface area contributed by atoms with Crippen molar-refractivity contribution in [1.29, 1.82) is 0 Å². The molecule has 0 aliphatic rings. The van der Waals surface area contributed by atoms with Crippen LogP contribution >= 0.6 is 23.2 Å². The molecule has 3 nitrogen and oxygen atoms in total. The van der Waals surface area contributed by atoms with Crippen LogP contribution in [0.5, 0.6) is 5.75 Å². The fraction of sp³-hybridized carbons (Fsp3) is 0.200. The minimum atomic E-state index is -2.58. The van der Waals surface area contributed by atoms with Gasteiger partial charge in [0.15, 0.2) is 7.28 Å². The van der Waals surface area contributed by atoms with E-state index in [9.17, 15) is 0 Å². The van der Waals surface area contributed by atoms with Gasteiger partial charge in [-0.05, 0) is 61.5 Å². The van der Waals surface area contributed by atoms with Crippen molar-refractivity contribution in [3.8, 4) is 5.75 Å². The van der Waals surface area contributed by atoms with Crippen molar-refractivity contribution in [2.75, 3.05) is 0 Å². The molecule has 5 heteroatoms. The average molecular weight is 545 g/mol. The van der Waals surface area contributed by atoms with Gasteiger partial charge in [0.05, 0.1) is 5.69 Å². The molecular formula is C30H30BrN2OP. The van der Waals surface area contributed by atoms with Crippen LogP contribution in [0.25, 0.3) is 21.8 Å². The number of hydrogen-bond acceptors (Lipinski definition) is 2. The van der Waals surface area contributed by atoms with Crippen molar-refractivity contribution in [1.82, 2.24) is 4.57 Å². The topological polar surface area (TPSA) is 26.5 Å². The highest BCUT2D eigenvalue weighted by Gasteiger charge is 2.39. The lowest BCUT2D eigenvalue weighted by Gasteiger charge is -2.37. The van der Waals surface area contributed by atoms with Crippen LogP contribution in [0.2, 0.25) is 0 Å². The maximum absolute atomic E-state index is 7.04. The average Bonchev–Trinajstić information content (AvgIpc) is 3.16. The maximum Gasteiger partial charge on any atom is 0.173 e. The monoisotopic (exact) mass is 544 g/mol. The summed E-state index contributed by atoms with van der Waals surface area (Å²) in [4.78, 5) is 0. The van der Waals surface area contributed by atoms with Gasteiger partial charge >= 0.3 is 0 Å². The summed E-state index contributed by atoms with van der Waals surface area (Å²) >= 11 is 3.61. The number of fused-ring (bicyclic) bond motifs is 3. The first-order valence-electron chi connectivity index (χ1n) is 12.0. The van der Waals surface area contributed by atoms with Gasteiger partial charge in [-0.25, -0.2) is 4.74 Å². The molecule has 1 aromatic heterocycles. The summed E-state index contributed by atoms with van der Waals surface area (Å²) in [6, 6.07) is 33.8. The number of hydrogen-bond donors (Lipinski definition) is 0. The van der Waals surface area contributed by atoms with Gasteiger partial charge in [-0.1, -0.05) is 79.2 Å². The van der Waals surface area contributed by atoms with Crippen LogP contribution < -0.4 is 9.83 Å². The molecule has 0 radical (unpaired) electrons. The molecule has 4 aromatic carbocycles. The lowest BCUT2D eigenvalue weighted by atomic mass is 10.1. The molecule has 35 heavy (non-hydrogen) atoms. The van der Waals surface area contributed by atoms with Crippen molar-refractivity contribution >= 4 is 56.0 Å². The summed E-state index contributed by atoms with van der Waals surface area (Å²) in [5.41, 5.74) is 3.43. The first-order valence-corrected chi connectivity index (χ1v) is 14.4. The third kappa shape index (κ3) is 4.35. The molecule has 5 aromatic rings. The van der Waals surface area contributed by atoms with E-state index in [-0.39, 0.29) is 5.16 Å². The molecular weight excluding hydrogens is 515 g/mol. The Morgan fingerprint density at radius 3 is 2.23 bits per heavy atom. The molecule has 0 saturated heterocycles. The Hall–Kier alpha value is -2.81. The predicted molar refractivity (Wildman–Crippen MR) is 155 cm³/mol. The van der Waals surface area contributed by atoms with Gasteiger partial charge in [0.25, 0.3) is 0 Å². The van der Waals surface area contributed by atoms with Crippen LogP contribution in [0, 0.1) is 0 Å². The van der Waals surface area contributed by atoms with Crippen LogP contribution in [0.3, 0.4) is 0 Å². The minimum Gasteiger partial charge on any atom is -0.455 e. The third-order valence-electron chi connectivity index (χ3n) is 6.38. The van der Waals surface area contributed by atoms with Gasteiger partial charge in [-0.15, -0.1) is 0 Å². The lowest BCUT2D eigenvalue weighted by molar-refractivity contribution is 0.571.